The fourth-order valence-electron chi connectivity index (χ4n) is 1.70. The number of nitrogen functional groups attached to an aromatic ring is 1. The number of halogens is 1. The van der Waals surface area contributed by atoms with Crippen LogP contribution in [-0.2, 0) is 4.74 Å². The molecule has 0 fully saturated rings. The van der Waals surface area contributed by atoms with Gasteiger partial charge in [0, 0.05) is 26.3 Å². The molecule has 2 aromatic rings. The predicted molar refractivity (Wildman–Crippen MR) is 74.6 cm³/mol. The number of aromatic nitrogens is 3. The second kappa shape index (κ2) is 6.80. The molecule has 112 valence electrons. The summed E-state index contributed by atoms with van der Waals surface area (Å²) in [6, 6.07) is 5.69. The molecule has 0 saturated heterocycles. The van der Waals surface area contributed by atoms with Crippen molar-refractivity contribution in [1.29, 1.82) is 0 Å². The highest BCUT2D eigenvalue weighted by Gasteiger charge is 2.16. The number of carbonyl (C=O) groups is 1. The molecule has 0 unspecified atom stereocenters. The lowest BCUT2D eigenvalue weighted by Gasteiger charge is -2.02. The van der Waals surface area contributed by atoms with Gasteiger partial charge < -0.3 is 15.8 Å². The van der Waals surface area contributed by atoms with Crippen molar-refractivity contribution < 1.29 is 13.9 Å². The first-order valence-corrected chi connectivity index (χ1v) is 6.37. The number of anilines is 1. The summed E-state index contributed by atoms with van der Waals surface area (Å²) in [7, 11) is 1.59. The van der Waals surface area contributed by atoms with Crippen molar-refractivity contribution in [1.82, 2.24) is 20.3 Å². The topological polar surface area (TPSA) is 95.1 Å². The Kier molecular flexibility index (Phi) is 4.83. The van der Waals surface area contributed by atoms with Crippen molar-refractivity contribution in [3.05, 3.63) is 35.8 Å². The Bertz CT molecular complexity index is 629. The molecule has 8 heteroatoms. The average molecular weight is 293 g/mol. The number of methoxy groups -OCH3 is 1. The van der Waals surface area contributed by atoms with E-state index in [1.165, 1.54) is 18.2 Å². The van der Waals surface area contributed by atoms with Crippen molar-refractivity contribution in [2.24, 2.45) is 0 Å². The Morgan fingerprint density at radius 1 is 1.48 bits per heavy atom. The minimum absolute atomic E-state index is 0.0106. The van der Waals surface area contributed by atoms with Gasteiger partial charge in [-0.3, -0.25) is 4.79 Å². The Balaban J connectivity index is 2.10. The molecule has 21 heavy (non-hydrogen) atoms. The van der Waals surface area contributed by atoms with E-state index >= 15 is 0 Å². The third-order valence-electron chi connectivity index (χ3n) is 2.70. The average Bonchev–Trinajstić information content (AvgIpc) is 2.85. The molecule has 3 N–H and O–H groups in total. The van der Waals surface area contributed by atoms with Crippen LogP contribution in [0.4, 0.5) is 10.2 Å². The summed E-state index contributed by atoms with van der Waals surface area (Å²) < 4.78 is 18.0. The summed E-state index contributed by atoms with van der Waals surface area (Å²) in [5, 5.41) is 10.6. The first-order chi connectivity index (χ1) is 10.1. The molecule has 0 aliphatic rings. The number of carbonyl (C=O) groups excluding carboxylic acids is 1. The summed E-state index contributed by atoms with van der Waals surface area (Å²) in [5.74, 6) is -0.858. The van der Waals surface area contributed by atoms with Crippen LogP contribution in [0.5, 0.6) is 0 Å². The quantitative estimate of drug-likeness (QED) is 0.766. The molecule has 7 nitrogen and oxygen atoms in total. The summed E-state index contributed by atoms with van der Waals surface area (Å²) in [6.07, 6.45) is 0.681. The van der Waals surface area contributed by atoms with Gasteiger partial charge in [0.25, 0.3) is 5.91 Å². The van der Waals surface area contributed by atoms with Gasteiger partial charge in [0.1, 0.15) is 5.82 Å². The normalized spacial score (nSPS) is 10.6. The third-order valence-corrected chi connectivity index (χ3v) is 2.70. The molecule has 1 heterocycles. The molecule has 1 aromatic carbocycles. The van der Waals surface area contributed by atoms with E-state index in [2.05, 4.69) is 15.5 Å². The monoisotopic (exact) mass is 293 g/mol. The van der Waals surface area contributed by atoms with Gasteiger partial charge in [-0.15, -0.1) is 15.0 Å². The van der Waals surface area contributed by atoms with E-state index in [1.807, 2.05) is 0 Å². The lowest BCUT2D eigenvalue weighted by Crippen LogP contribution is -2.26. The van der Waals surface area contributed by atoms with Gasteiger partial charge in [-0.25, -0.2) is 4.39 Å². The van der Waals surface area contributed by atoms with E-state index in [4.69, 9.17) is 10.5 Å². The van der Waals surface area contributed by atoms with E-state index in [1.54, 1.807) is 13.2 Å². The molecule has 0 atom stereocenters. The zero-order valence-electron chi connectivity index (χ0n) is 11.5. The zero-order valence-corrected chi connectivity index (χ0v) is 11.5. The highest BCUT2D eigenvalue weighted by molar-refractivity contribution is 5.96. The maximum absolute atomic E-state index is 13.2. The van der Waals surface area contributed by atoms with Crippen molar-refractivity contribution in [3.8, 4) is 5.69 Å². The molecule has 0 radical (unpaired) electrons. The van der Waals surface area contributed by atoms with Crippen molar-refractivity contribution in [3.63, 3.8) is 0 Å². The number of hydrogen-bond donors (Lipinski definition) is 2. The van der Waals surface area contributed by atoms with Crippen LogP contribution in [0.2, 0.25) is 0 Å². The van der Waals surface area contributed by atoms with Crippen molar-refractivity contribution in [2.45, 2.75) is 6.42 Å². The molecule has 0 bridgehead atoms. The van der Waals surface area contributed by atoms with Crippen LogP contribution in [0.1, 0.15) is 16.9 Å². The molecule has 0 spiro atoms. The van der Waals surface area contributed by atoms with Crippen LogP contribution in [0.15, 0.2) is 24.3 Å². The highest BCUT2D eigenvalue weighted by atomic mass is 19.1. The maximum Gasteiger partial charge on any atom is 0.275 e. The van der Waals surface area contributed by atoms with Gasteiger partial charge in [0.15, 0.2) is 11.5 Å². The van der Waals surface area contributed by atoms with Gasteiger partial charge in [-0.05, 0) is 18.6 Å². The zero-order chi connectivity index (χ0) is 15.2. The number of nitrogens with two attached hydrogens (primary N) is 1. The highest BCUT2D eigenvalue weighted by Crippen LogP contribution is 2.11. The van der Waals surface area contributed by atoms with Crippen LogP contribution >= 0.6 is 0 Å². The largest absolute Gasteiger partial charge is 0.385 e. The fourth-order valence-corrected chi connectivity index (χ4v) is 1.70. The molecule has 1 aromatic heterocycles. The second-order valence-electron chi connectivity index (χ2n) is 4.31. The van der Waals surface area contributed by atoms with Gasteiger partial charge in [-0.1, -0.05) is 6.07 Å². The SMILES string of the molecule is COCCCNC(=O)c1nn(-c2cccc(F)c2)nc1N. The molecular formula is C13H16FN5O2. The van der Waals surface area contributed by atoms with Crippen LogP contribution in [0.3, 0.4) is 0 Å². The first-order valence-electron chi connectivity index (χ1n) is 6.37. The lowest BCUT2D eigenvalue weighted by atomic mass is 10.3. The Morgan fingerprint density at radius 3 is 3.00 bits per heavy atom. The Labute approximate surface area is 120 Å². The number of benzene rings is 1. The lowest BCUT2D eigenvalue weighted by molar-refractivity contribution is 0.0944. The van der Waals surface area contributed by atoms with E-state index in [0.29, 0.717) is 25.3 Å². The van der Waals surface area contributed by atoms with Crippen LogP contribution < -0.4 is 11.1 Å². The Morgan fingerprint density at radius 2 is 2.29 bits per heavy atom. The molecule has 0 saturated carbocycles. The van der Waals surface area contributed by atoms with Crippen LogP contribution in [0.25, 0.3) is 5.69 Å². The number of ether oxygens (including phenoxy) is 1. The number of rotatable bonds is 6. The summed E-state index contributed by atoms with van der Waals surface area (Å²) in [6.45, 7) is 0.991. The van der Waals surface area contributed by atoms with Crippen LogP contribution in [0, 0.1) is 5.82 Å². The minimum Gasteiger partial charge on any atom is -0.385 e. The fraction of sp³-hybridized carbons (Fsp3) is 0.308. The van der Waals surface area contributed by atoms with Crippen LogP contribution in [-0.4, -0.2) is 41.2 Å². The summed E-state index contributed by atoms with van der Waals surface area (Å²) in [5.41, 5.74) is 6.07. The first kappa shape index (κ1) is 14.9. The molecule has 1 amide bonds. The second-order valence-corrected chi connectivity index (χ2v) is 4.31. The molecular weight excluding hydrogens is 277 g/mol. The van der Waals surface area contributed by atoms with Gasteiger partial charge >= 0.3 is 0 Å². The summed E-state index contributed by atoms with van der Waals surface area (Å²) in [4.78, 5) is 13.0. The number of amides is 1. The van der Waals surface area contributed by atoms with Gasteiger partial charge in [0.05, 0.1) is 5.69 Å². The smallest absolute Gasteiger partial charge is 0.275 e. The summed E-state index contributed by atoms with van der Waals surface area (Å²) >= 11 is 0. The van der Waals surface area contributed by atoms with E-state index in [0.717, 1.165) is 4.80 Å². The number of nitrogens with one attached hydrogen (secondary N) is 1. The third kappa shape index (κ3) is 3.76. The number of nitrogens with zero attached hydrogens (tertiary/aromatic N) is 3. The van der Waals surface area contributed by atoms with E-state index in [9.17, 15) is 9.18 Å². The standard InChI is InChI=1S/C13H16FN5O2/c1-21-7-3-6-16-13(20)11-12(15)18-19(17-11)10-5-2-4-9(14)8-10/h2,4-5,8H,3,6-7H2,1H3,(H2,15,18)(H,16,20). The predicted octanol–water partition coefficient (Wildman–Crippen LogP) is 0.755. The Hall–Kier alpha value is -2.48. The maximum atomic E-state index is 13.2. The minimum atomic E-state index is -0.425. The van der Waals surface area contributed by atoms with Gasteiger partial charge in [0.2, 0.25) is 0 Å². The van der Waals surface area contributed by atoms with E-state index in [-0.39, 0.29) is 11.5 Å². The van der Waals surface area contributed by atoms with E-state index < -0.39 is 11.7 Å². The number of hydrogen-bond acceptors (Lipinski definition) is 5. The van der Waals surface area contributed by atoms with Gasteiger partial charge in [-0.2, -0.15) is 0 Å². The molecule has 0 aliphatic carbocycles. The van der Waals surface area contributed by atoms with Crippen molar-refractivity contribution in [2.75, 3.05) is 26.0 Å². The molecule has 0 aliphatic heterocycles. The van der Waals surface area contributed by atoms with Crippen molar-refractivity contribution >= 4 is 11.7 Å². The molecule has 2 rings (SSSR count).